The van der Waals surface area contributed by atoms with Crippen molar-refractivity contribution in [2.24, 2.45) is 5.41 Å². The summed E-state index contributed by atoms with van der Waals surface area (Å²) in [5, 5.41) is 0. The van der Waals surface area contributed by atoms with E-state index in [4.69, 9.17) is 5.73 Å². The third-order valence-electron chi connectivity index (χ3n) is 3.48. The van der Waals surface area contributed by atoms with E-state index in [1.807, 2.05) is 24.7 Å². The number of rotatable bonds is 3. The molecule has 0 amide bonds. The van der Waals surface area contributed by atoms with E-state index < -0.39 is 0 Å². The molecule has 0 atom stereocenters. The van der Waals surface area contributed by atoms with Crippen LogP contribution in [0.1, 0.15) is 19.8 Å². The summed E-state index contributed by atoms with van der Waals surface area (Å²) in [6.45, 7) is 3.32. The molecule has 1 aliphatic rings. The molecule has 2 aromatic heterocycles. The van der Waals surface area contributed by atoms with Crippen molar-refractivity contribution in [1.29, 1.82) is 0 Å². The molecule has 4 heteroatoms. The molecule has 2 aromatic rings. The molecule has 88 valence electrons. The number of nitrogens with zero attached hydrogens (tertiary/aromatic N) is 3. The molecule has 0 unspecified atom stereocenters. The zero-order valence-corrected chi connectivity index (χ0v) is 9.93. The number of aromatic nitrogens is 3. The fraction of sp³-hybridized carbons (Fsp3) is 0.385. The van der Waals surface area contributed by atoms with Gasteiger partial charge in [0.15, 0.2) is 0 Å². The van der Waals surface area contributed by atoms with Crippen molar-refractivity contribution in [3.05, 3.63) is 30.9 Å². The van der Waals surface area contributed by atoms with Crippen LogP contribution in [0.5, 0.6) is 0 Å². The van der Waals surface area contributed by atoms with Gasteiger partial charge in [-0.15, -0.1) is 0 Å². The normalized spacial score (nSPS) is 17.0. The highest BCUT2D eigenvalue weighted by Gasteiger charge is 2.37. The van der Waals surface area contributed by atoms with Gasteiger partial charge in [0.2, 0.25) is 0 Å². The molecule has 2 N–H and O–H groups in total. The Balaban J connectivity index is 1.98. The second kappa shape index (κ2) is 3.58. The van der Waals surface area contributed by atoms with E-state index in [1.165, 1.54) is 12.8 Å². The first-order valence-electron chi connectivity index (χ1n) is 5.89. The van der Waals surface area contributed by atoms with Gasteiger partial charge in [-0.1, -0.05) is 6.92 Å². The summed E-state index contributed by atoms with van der Waals surface area (Å²) < 4.78 is 2.18. The lowest BCUT2D eigenvalue weighted by atomic mass is 10.1. The standard InChI is InChI=1S/C13H16N4/c1-13(4-5-13)8-17-9-15-7-11(17)10-3-2-6-16-12(10)14/h2-3,6-7,9H,4-5,8H2,1H3,(H2,14,16). The Kier molecular flexibility index (Phi) is 2.18. The molecule has 1 fully saturated rings. The molecule has 0 radical (unpaired) electrons. The van der Waals surface area contributed by atoms with Crippen molar-refractivity contribution in [2.75, 3.05) is 5.73 Å². The Bertz CT molecular complexity index is 540. The first-order chi connectivity index (χ1) is 8.18. The molecule has 1 aliphatic carbocycles. The molecule has 0 spiro atoms. The smallest absolute Gasteiger partial charge is 0.132 e. The van der Waals surface area contributed by atoms with Crippen LogP contribution >= 0.6 is 0 Å². The van der Waals surface area contributed by atoms with Crippen LogP contribution in [0.2, 0.25) is 0 Å². The lowest BCUT2D eigenvalue weighted by molar-refractivity contribution is 0.467. The second-order valence-electron chi connectivity index (χ2n) is 5.15. The topological polar surface area (TPSA) is 56.7 Å². The third-order valence-corrected chi connectivity index (χ3v) is 3.48. The van der Waals surface area contributed by atoms with E-state index in [9.17, 15) is 0 Å². The van der Waals surface area contributed by atoms with Crippen LogP contribution in [-0.2, 0) is 6.54 Å². The van der Waals surface area contributed by atoms with Crippen molar-refractivity contribution in [2.45, 2.75) is 26.3 Å². The maximum Gasteiger partial charge on any atom is 0.132 e. The first-order valence-corrected chi connectivity index (χ1v) is 5.89. The predicted octanol–water partition coefficient (Wildman–Crippen LogP) is 2.33. The quantitative estimate of drug-likeness (QED) is 0.877. The number of hydrogen-bond donors (Lipinski definition) is 1. The molecule has 0 aliphatic heterocycles. The molecule has 17 heavy (non-hydrogen) atoms. The molecule has 2 heterocycles. The molecule has 3 rings (SSSR count). The molecular formula is C13H16N4. The summed E-state index contributed by atoms with van der Waals surface area (Å²) >= 11 is 0. The number of pyridine rings is 1. The SMILES string of the molecule is CC1(Cn2cncc2-c2cccnc2N)CC1. The average Bonchev–Trinajstić information content (AvgIpc) is 2.87. The van der Waals surface area contributed by atoms with Crippen molar-refractivity contribution in [3.63, 3.8) is 0 Å². The fourth-order valence-electron chi connectivity index (χ4n) is 2.09. The Morgan fingerprint density at radius 3 is 3.00 bits per heavy atom. The highest BCUT2D eigenvalue weighted by Crippen LogP contribution is 2.47. The maximum absolute atomic E-state index is 5.91. The Morgan fingerprint density at radius 2 is 2.29 bits per heavy atom. The van der Waals surface area contributed by atoms with E-state index in [0.29, 0.717) is 11.2 Å². The summed E-state index contributed by atoms with van der Waals surface area (Å²) in [7, 11) is 0. The first kappa shape index (κ1) is 10.3. The van der Waals surface area contributed by atoms with E-state index in [-0.39, 0.29) is 0 Å². The Labute approximate surface area is 101 Å². The molecule has 4 nitrogen and oxygen atoms in total. The van der Waals surface area contributed by atoms with Crippen LogP contribution in [-0.4, -0.2) is 14.5 Å². The van der Waals surface area contributed by atoms with Crippen LogP contribution in [0.4, 0.5) is 5.82 Å². The number of hydrogen-bond acceptors (Lipinski definition) is 3. The summed E-state index contributed by atoms with van der Waals surface area (Å²) in [5.74, 6) is 0.565. The van der Waals surface area contributed by atoms with E-state index in [2.05, 4.69) is 21.5 Å². The van der Waals surface area contributed by atoms with Crippen LogP contribution in [0.15, 0.2) is 30.9 Å². The van der Waals surface area contributed by atoms with Gasteiger partial charge < -0.3 is 10.3 Å². The molecule has 1 saturated carbocycles. The van der Waals surface area contributed by atoms with Gasteiger partial charge in [0.1, 0.15) is 5.82 Å². The lowest BCUT2D eigenvalue weighted by Crippen LogP contribution is -2.08. The van der Waals surface area contributed by atoms with Crippen molar-refractivity contribution in [3.8, 4) is 11.3 Å². The number of nitrogens with two attached hydrogens (primary N) is 1. The fourth-order valence-corrected chi connectivity index (χ4v) is 2.09. The Hall–Kier alpha value is -1.84. The van der Waals surface area contributed by atoms with Crippen LogP contribution in [0, 0.1) is 5.41 Å². The molecule has 0 bridgehead atoms. The maximum atomic E-state index is 5.91. The number of imidazole rings is 1. The highest BCUT2D eigenvalue weighted by atomic mass is 15.1. The van der Waals surface area contributed by atoms with Crippen LogP contribution < -0.4 is 5.73 Å². The molecular weight excluding hydrogens is 212 g/mol. The van der Waals surface area contributed by atoms with Crippen LogP contribution in [0.3, 0.4) is 0 Å². The number of anilines is 1. The minimum absolute atomic E-state index is 0.451. The number of nitrogen functional groups attached to an aromatic ring is 1. The van der Waals surface area contributed by atoms with E-state index in [1.54, 1.807) is 6.20 Å². The van der Waals surface area contributed by atoms with Gasteiger partial charge >= 0.3 is 0 Å². The Morgan fingerprint density at radius 1 is 1.47 bits per heavy atom. The monoisotopic (exact) mass is 228 g/mol. The minimum Gasteiger partial charge on any atom is -0.383 e. The van der Waals surface area contributed by atoms with E-state index in [0.717, 1.165) is 17.8 Å². The van der Waals surface area contributed by atoms with Gasteiger partial charge in [0.05, 0.1) is 18.2 Å². The third kappa shape index (κ3) is 1.90. The summed E-state index contributed by atoms with van der Waals surface area (Å²) in [6.07, 6.45) is 8.05. The lowest BCUT2D eigenvalue weighted by Gasteiger charge is -2.13. The summed E-state index contributed by atoms with van der Waals surface area (Å²) in [5.41, 5.74) is 8.38. The highest BCUT2D eigenvalue weighted by molar-refractivity contribution is 5.70. The van der Waals surface area contributed by atoms with Gasteiger partial charge in [-0.05, 0) is 30.4 Å². The van der Waals surface area contributed by atoms with Crippen molar-refractivity contribution in [1.82, 2.24) is 14.5 Å². The average molecular weight is 228 g/mol. The summed E-state index contributed by atoms with van der Waals surface area (Å²) in [4.78, 5) is 8.36. The second-order valence-corrected chi connectivity index (χ2v) is 5.15. The molecule has 0 saturated heterocycles. The van der Waals surface area contributed by atoms with Crippen molar-refractivity contribution < 1.29 is 0 Å². The van der Waals surface area contributed by atoms with Crippen LogP contribution in [0.25, 0.3) is 11.3 Å². The zero-order valence-electron chi connectivity index (χ0n) is 9.93. The summed E-state index contributed by atoms with van der Waals surface area (Å²) in [6, 6.07) is 3.90. The van der Waals surface area contributed by atoms with Crippen molar-refractivity contribution >= 4 is 5.82 Å². The molecule has 0 aromatic carbocycles. The van der Waals surface area contributed by atoms with Gasteiger partial charge in [-0.3, -0.25) is 0 Å². The minimum atomic E-state index is 0.451. The zero-order chi connectivity index (χ0) is 11.9. The van der Waals surface area contributed by atoms with Gasteiger partial charge in [-0.2, -0.15) is 0 Å². The van der Waals surface area contributed by atoms with E-state index >= 15 is 0 Å². The predicted molar refractivity (Wildman–Crippen MR) is 67.2 cm³/mol. The van der Waals surface area contributed by atoms with Gasteiger partial charge in [0.25, 0.3) is 0 Å². The van der Waals surface area contributed by atoms with Gasteiger partial charge in [-0.25, -0.2) is 9.97 Å². The van der Waals surface area contributed by atoms with Gasteiger partial charge in [0, 0.05) is 18.3 Å². The largest absolute Gasteiger partial charge is 0.383 e.